The van der Waals surface area contributed by atoms with E-state index in [2.05, 4.69) is 9.97 Å². The molecule has 1 aliphatic heterocycles. The highest BCUT2D eigenvalue weighted by atomic mass is 19.1. The van der Waals surface area contributed by atoms with Crippen LogP contribution in [0.2, 0.25) is 0 Å². The quantitative estimate of drug-likeness (QED) is 0.455. The highest BCUT2D eigenvalue weighted by Crippen LogP contribution is 2.29. The van der Waals surface area contributed by atoms with Crippen molar-refractivity contribution < 1.29 is 27.9 Å². The van der Waals surface area contributed by atoms with E-state index < -0.39 is 6.17 Å². The fourth-order valence-electron chi connectivity index (χ4n) is 5.17. The smallest absolute Gasteiger partial charge is 0.308 e. The second kappa shape index (κ2) is 10.7. The summed E-state index contributed by atoms with van der Waals surface area (Å²) in [7, 11) is 1.41. The molecule has 5 rings (SSSR count). The van der Waals surface area contributed by atoms with Gasteiger partial charge in [-0.25, -0.2) is 9.37 Å². The molecule has 1 amide bonds. The zero-order valence-electron chi connectivity index (χ0n) is 20.3. The maximum atomic E-state index is 14.3. The van der Waals surface area contributed by atoms with E-state index in [-0.39, 0.29) is 49.3 Å². The van der Waals surface area contributed by atoms with Gasteiger partial charge in [0.2, 0.25) is 11.8 Å². The Morgan fingerprint density at radius 2 is 2.03 bits per heavy atom. The van der Waals surface area contributed by atoms with Gasteiger partial charge in [0.25, 0.3) is 0 Å². The lowest BCUT2D eigenvalue weighted by Crippen LogP contribution is -2.40. The summed E-state index contributed by atoms with van der Waals surface area (Å²) in [6, 6.07) is 8.88. The topological polar surface area (TPSA) is 94.8 Å². The predicted octanol–water partition coefficient (Wildman–Crippen LogP) is 4.12. The highest BCUT2D eigenvalue weighted by molar-refractivity contribution is 5.82. The summed E-state index contributed by atoms with van der Waals surface area (Å²) in [5.41, 5.74) is 2.85. The number of aromatic nitrogens is 2. The third-order valence-corrected chi connectivity index (χ3v) is 7.13. The molecule has 0 N–H and O–H groups in total. The Balaban J connectivity index is 1.19. The Hall–Kier alpha value is -3.33. The third-order valence-electron chi connectivity index (χ3n) is 7.13. The van der Waals surface area contributed by atoms with Gasteiger partial charge in [-0.05, 0) is 55.5 Å². The normalized spacial score (nSPS) is 24.2. The number of methoxy groups -OCH3 is 1. The molecule has 1 aliphatic carbocycles. The number of fused-ring (bicyclic) bond motifs is 1. The van der Waals surface area contributed by atoms with Crippen molar-refractivity contribution in [2.75, 3.05) is 20.3 Å². The van der Waals surface area contributed by atoms with Crippen molar-refractivity contribution in [3.8, 4) is 11.5 Å². The van der Waals surface area contributed by atoms with Crippen molar-refractivity contribution in [2.24, 2.45) is 5.92 Å². The van der Waals surface area contributed by atoms with Crippen LogP contribution in [-0.2, 0) is 25.5 Å². The molecule has 2 fully saturated rings. The molecule has 190 valence electrons. The lowest BCUT2D eigenvalue weighted by atomic mass is 9.87. The van der Waals surface area contributed by atoms with Gasteiger partial charge < -0.3 is 18.8 Å². The van der Waals surface area contributed by atoms with Crippen LogP contribution in [0.25, 0.3) is 22.6 Å². The van der Waals surface area contributed by atoms with Crippen LogP contribution in [-0.4, -0.2) is 65.3 Å². The molecule has 1 saturated heterocycles. The van der Waals surface area contributed by atoms with Crippen LogP contribution < -0.4 is 0 Å². The number of halogens is 1. The number of hydrogen-bond donors (Lipinski definition) is 0. The first kappa shape index (κ1) is 24.4. The van der Waals surface area contributed by atoms with E-state index in [0.717, 1.165) is 36.8 Å². The van der Waals surface area contributed by atoms with E-state index in [1.54, 1.807) is 17.3 Å². The number of carbonyl (C=O) groups excluding carboxylic acids is 2. The molecule has 8 nitrogen and oxygen atoms in total. The van der Waals surface area contributed by atoms with Crippen LogP contribution >= 0.6 is 0 Å². The van der Waals surface area contributed by atoms with Crippen LogP contribution in [0, 0.1) is 5.92 Å². The Morgan fingerprint density at radius 1 is 1.19 bits per heavy atom. The van der Waals surface area contributed by atoms with Gasteiger partial charge in [-0.15, -0.1) is 0 Å². The molecule has 1 saturated carbocycles. The van der Waals surface area contributed by atoms with E-state index in [9.17, 15) is 14.0 Å². The number of amides is 1. The molecule has 2 aromatic heterocycles. The van der Waals surface area contributed by atoms with Gasteiger partial charge in [0, 0.05) is 18.8 Å². The number of ether oxygens (including phenoxy) is 2. The van der Waals surface area contributed by atoms with Gasteiger partial charge in [0.15, 0.2) is 5.58 Å². The second-order valence-corrected chi connectivity index (χ2v) is 9.60. The van der Waals surface area contributed by atoms with Crippen molar-refractivity contribution >= 4 is 23.0 Å². The van der Waals surface area contributed by atoms with Crippen molar-refractivity contribution in [1.29, 1.82) is 0 Å². The molecule has 36 heavy (non-hydrogen) atoms. The molecule has 2 atom stereocenters. The summed E-state index contributed by atoms with van der Waals surface area (Å²) < 4.78 is 31.1. The summed E-state index contributed by atoms with van der Waals surface area (Å²) in [6.45, 7) is 0.382. The predicted molar refractivity (Wildman–Crippen MR) is 130 cm³/mol. The molecule has 3 heterocycles. The first-order valence-corrected chi connectivity index (χ1v) is 12.4. The monoisotopic (exact) mass is 495 g/mol. The number of hydrogen-bond acceptors (Lipinski definition) is 7. The van der Waals surface area contributed by atoms with Crippen LogP contribution in [0.3, 0.4) is 0 Å². The van der Waals surface area contributed by atoms with Crippen LogP contribution in [0.4, 0.5) is 4.39 Å². The Labute approximate surface area is 208 Å². The number of esters is 1. The van der Waals surface area contributed by atoms with Crippen LogP contribution in [0.1, 0.15) is 37.7 Å². The molecule has 1 aromatic carbocycles. The SMILES string of the molecule is COC(=O)[C@H]1CC[C@H](OC[C@@H]2C[C@H](F)CN2C(=O)Cc2ccc3nc(-c4cccnc4)oc3c2)CC1. The fourth-order valence-corrected chi connectivity index (χ4v) is 5.17. The molecular weight excluding hydrogens is 465 g/mol. The number of carbonyl (C=O) groups is 2. The average Bonchev–Trinajstić information content (AvgIpc) is 3.50. The second-order valence-electron chi connectivity index (χ2n) is 9.60. The van der Waals surface area contributed by atoms with Crippen LogP contribution in [0.5, 0.6) is 0 Å². The van der Waals surface area contributed by atoms with E-state index >= 15 is 0 Å². The number of pyridine rings is 1. The number of rotatable bonds is 7. The van der Waals surface area contributed by atoms with Gasteiger partial charge in [0.1, 0.15) is 11.7 Å². The minimum Gasteiger partial charge on any atom is -0.469 e. The number of alkyl halides is 1. The maximum absolute atomic E-state index is 14.3. The van der Waals surface area contributed by atoms with Crippen molar-refractivity contribution in [2.45, 2.75) is 56.8 Å². The van der Waals surface area contributed by atoms with Gasteiger partial charge >= 0.3 is 5.97 Å². The molecule has 0 unspecified atom stereocenters. The van der Waals surface area contributed by atoms with E-state index in [0.29, 0.717) is 23.6 Å². The minimum atomic E-state index is -1.06. The van der Waals surface area contributed by atoms with Gasteiger partial charge in [0.05, 0.1) is 50.3 Å². The van der Waals surface area contributed by atoms with E-state index in [4.69, 9.17) is 13.9 Å². The number of likely N-dealkylation sites (tertiary alicyclic amines) is 1. The van der Waals surface area contributed by atoms with Crippen molar-refractivity contribution in [3.63, 3.8) is 0 Å². The third kappa shape index (κ3) is 5.41. The number of oxazole rings is 1. The molecule has 0 radical (unpaired) electrons. The lowest BCUT2D eigenvalue weighted by molar-refractivity contribution is -0.148. The summed E-state index contributed by atoms with van der Waals surface area (Å²) in [4.78, 5) is 35.1. The van der Waals surface area contributed by atoms with Crippen molar-refractivity contribution in [3.05, 3.63) is 48.3 Å². The highest BCUT2D eigenvalue weighted by Gasteiger charge is 2.36. The Bertz CT molecular complexity index is 1210. The Morgan fingerprint density at radius 3 is 2.78 bits per heavy atom. The number of benzene rings is 1. The molecule has 0 spiro atoms. The number of nitrogens with zero attached hydrogens (tertiary/aromatic N) is 3. The molecule has 3 aromatic rings. The van der Waals surface area contributed by atoms with E-state index in [1.165, 1.54) is 7.11 Å². The minimum absolute atomic E-state index is 0.0180. The maximum Gasteiger partial charge on any atom is 0.308 e. The van der Waals surface area contributed by atoms with Gasteiger partial charge in [-0.2, -0.15) is 0 Å². The summed E-state index contributed by atoms with van der Waals surface area (Å²) in [5, 5.41) is 0. The molecule has 9 heteroatoms. The van der Waals surface area contributed by atoms with Crippen LogP contribution in [0.15, 0.2) is 47.1 Å². The average molecular weight is 496 g/mol. The zero-order valence-corrected chi connectivity index (χ0v) is 20.3. The summed E-state index contributed by atoms with van der Waals surface area (Å²) >= 11 is 0. The Kier molecular flexibility index (Phi) is 7.27. The standard InChI is InChI=1S/C27H30FN3O5/c1-34-27(33)18-5-7-22(8-6-18)35-16-21-13-20(28)15-31(21)25(32)12-17-4-9-23-24(11-17)36-26(30-23)19-3-2-10-29-14-19/h2-4,9-11,14,18,20-22H,5-8,12-13,15-16H2,1H3/t18-,20-,21-,22-/m0/s1. The van der Waals surface area contributed by atoms with Gasteiger partial charge in [-0.1, -0.05) is 6.07 Å². The summed E-state index contributed by atoms with van der Waals surface area (Å²) in [5.74, 6) is 0.0959. The molecular formula is C27H30FN3O5. The molecule has 2 aliphatic rings. The van der Waals surface area contributed by atoms with E-state index in [1.807, 2.05) is 30.3 Å². The largest absolute Gasteiger partial charge is 0.469 e. The zero-order chi connectivity index (χ0) is 25.1. The fraction of sp³-hybridized carbons (Fsp3) is 0.481. The molecule has 0 bridgehead atoms. The summed E-state index contributed by atoms with van der Waals surface area (Å²) in [6.07, 6.45) is 5.72. The van der Waals surface area contributed by atoms with Crippen molar-refractivity contribution in [1.82, 2.24) is 14.9 Å². The van der Waals surface area contributed by atoms with Gasteiger partial charge in [-0.3, -0.25) is 14.6 Å². The first-order valence-electron chi connectivity index (χ1n) is 12.4. The lowest BCUT2D eigenvalue weighted by Gasteiger charge is -2.30. The first-order chi connectivity index (χ1) is 17.5.